The molecular weight excluding hydrogens is 446 g/mol. The fourth-order valence-electron chi connectivity index (χ4n) is 5.45. The summed E-state index contributed by atoms with van der Waals surface area (Å²) in [6.45, 7) is 3.69. The van der Waals surface area contributed by atoms with Crippen LogP contribution in [0.25, 0.3) is 15.9 Å². The second kappa shape index (κ2) is 8.52. The summed E-state index contributed by atoms with van der Waals surface area (Å²) in [5.74, 6) is 1.37. The van der Waals surface area contributed by atoms with E-state index in [1.54, 1.807) is 16.8 Å². The Hall–Kier alpha value is -2.38. The summed E-state index contributed by atoms with van der Waals surface area (Å²) >= 11 is 7.63. The largest absolute Gasteiger partial charge is 0.451 e. The first kappa shape index (κ1) is 21.5. The molecule has 2 aliphatic carbocycles. The number of nitrogens with one attached hydrogen (secondary N) is 1. The topological polar surface area (TPSA) is 73.2 Å². The molecule has 0 saturated heterocycles. The summed E-state index contributed by atoms with van der Waals surface area (Å²) in [7, 11) is 0. The second-order valence-electron chi connectivity index (χ2n) is 9.05. The van der Waals surface area contributed by atoms with Crippen molar-refractivity contribution in [3.63, 3.8) is 0 Å². The number of ether oxygens (including phenoxy) is 1. The van der Waals surface area contributed by atoms with Gasteiger partial charge in [0, 0.05) is 11.4 Å². The van der Waals surface area contributed by atoms with E-state index in [-0.39, 0.29) is 18.6 Å². The highest BCUT2D eigenvalue weighted by Crippen LogP contribution is 2.49. The molecule has 2 bridgehead atoms. The second-order valence-corrected chi connectivity index (χ2v) is 10.5. The molecule has 1 N–H and O–H groups in total. The van der Waals surface area contributed by atoms with E-state index in [9.17, 15) is 9.59 Å². The van der Waals surface area contributed by atoms with Gasteiger partial charge in [-0.15, -0.1) is 11.3 Å². The van der Waals surface area contributed by atoms with Gasteiger partial charge in [-0.25, -0.2) is 9.48 Å². The van der Waals surface area contributed by atoms with Gasteiger partial charge in [-0.1, -0.05) is 30.2 Å². The molecule has 5 rings (SSSR count). The van der Waals surface area contributed by atoms with E-state index in [4.69, 9.17) is 16.3 Å². The van der Waals surface area contributed by atoms with Gasteiger partial charge in [0.25, 0.3) is 5.91 Å². The van der Waals surface area contributed by atoms with E-state index in [0.29, 0.717) is 15.8 Å². The van der Waals surface area contributed by atoms with Crippen molar-refractivity contribution in [3.8, 4) is 5.69 Å². The molecule has 2 heterocycles. The van der Waals surface area contributed by atoms with Gasteiger partial charge in [-0.05, 0) is 69.1 Å². The SMILES string of the molecule is Cc1nn(-c2ccccc2Cl)c2sc(C(=O)OCC(=O)NC(C)C3CC4CCC3C4)cc12. The normalized spacial score (nSPS) is 22.9. The molecule has 2 saturated carbocycles. The number of esters is 1. The van der Waals surface area contributed by atoms with Crippen LogP contribution in [0.1, 0.15) is 48.0 Å². The number of halogens is 1. The number of hydrogen-bond donors (Lipinski definition) is 1. The van der Waals surface area contributed by atoms with Crippen LogP contribution in [0.4, 0.5) is 0 Å². The van der Waals surface area contributed by atoms with Gasteiger partial charge < -0.3 is 10.1 Å². The Morgan fingerprint density at radius 3 is 2.84 bits per heavy atom. The van der Waals surface area contributed by atoms with E-state index >= 15 is 0 Å². The number of benzene rings is 1. The van der Waals surface area contributed by atoms with Crippen molar-refractivity contribution in [2.24, 2.45) is 17.8 Å². The zero-order valence-electron chi connectivity index (χ0n) is 18.1. The van der Waals surface area contributed by atoms with Crippen LogP contribution >= 0.6 is 22.9 Å². The van der Waals surface area contributed by atoms with Crippen molar-refractivity contribution >= 4 is 45.0 Å². The minimum atomic E-state index is -0.501. The fraction of sp³-hybridized carbons (Fsp3) is 0.458. The molecule has 0 spiro atoms. The maximum Gasteiger partial charge on any atom is 0.348 e. The number of para-hydroxylation sites is 1. The van der Waals surface area contributed by atoms with E-state index in [1.807, 2.05) is 25.1 Å². The molecule has 0 aliphatic heterocycles. The van der Waals surface area contributed by atoms with Crippen LogP contribution in [0, 0.1) is 24.7 Å². The third kappa shape index (κ3) is 3.92. The highest BCUT2D eigenvalue weighted by Gasteiger charge is 2.42. The number of nitrogens with zero attached hydrogens (tertiary/aromatic N) is 2. The van der Waals surface area contributed by atoms with Crippen molar-refractivity contribution in [3.05, 3.63) is 45.9 Å². The Kier molecular flexibility index (Phi) is 5.72. The lowest BCUT2D eigenvalue weighted by Gasteiger charge is -2.28. The zero-order chi connectivity index (χ0) is 22.4. The van der Waals surface area contributed by atoms with Crippen molar-refractivity contribution in [1.29, 1.82) is 0 Å². The molecule has 4 unspecified atom stereocenters. The molecule has 32 heavy (non-hydrogen) atoms. The molecule has 1 amide bonds. The van der Waals surface area contributed by atoms with Gasteiger partial charge in [0.1, 0.15) is 9.71 Å². The van der Waals surface area contributed by atoms with Gasteiger partial charge in [0.2, 0.25) is 0 Å². The van der Waals surface area contributed by atoms with Gasteiger partial charge in [-0.3, -0.25) is 4.79 Å². The van der Waals surface area contributed by atoms with Crippen LogP contribution < -0.4 is 5.32 Å². The van der Waals surface area contributed by atoms with Crippen LogP contribution in [0.2, 0.25) is 5.02 Å². The molecule has 6 nitrogen and oxygen atoms in total. The van der Waals surface area contributed by atoms with Crippen molar-refractivity contribution in [1.82, 2.24) is 15.1 Å². The monoisotopic (exact) mass is 471 g/mol. The van der Waals surface area contributed by atoms with Crippen LogP contribution in [0.3, 0.4) is 0 Å². The Bertz CT molecular complexity index is 1190. The van der Waals surface area contributed by atoms with Crippen molar-refractivity contribution in [2.45, 2.75) is 45.6 Å². The van der Waals surface area contributed by atoms with E-state index in [2.05, 4.69) is 17.3 Å². The number of aromatic nitrogens is 2. The minimum absolute atomic E-state index is 0.116. The fourth-order valence-corrected chi connectivity index (χ4v) is 6.73. The molecule has 8 heteroatoms. The van der Waals surface area contributed by atoms with Crippen molar-refractivity contribution in [2.75, 3.05) is 6.61 Å². The van der Waals surface area contributed by atoms with Gasteiger partial charge in [-0.2, -0.15) is 5.10 Å². The minimum Gasteiger partial charge on any atom is -0.451 e. The molecule has 2 aliphatic rings. The third-order valence-electron chi connectivity index (χ3n) is 6.98. The maximum absolute atomic E-state index is 12.6. The highest BCUT2D eigenvalue weighted by atomic mass is 35.5. The van der Waals surface area contributed by atoms with E-state index < -0.39 is 5.97 Å². The number of carbonyl (C=O) groups excluding carboxylic acids is 2. The third-order valence-corrected chi connectivity index (χ3v) is 8.39. The molecule has 1 aromatic carbocycles. The lowest BCUT2D eigenvalue weighted by Crippen LogP contribution is -2.42. The lowest BCUT2D eigenvalue weighted by molar-refractivity contribution is -0.125. The number of carbonyl (C=O) groups is 2. The standard InChI is InChI=1S/C24H26ClN3O3S/c1-13(17-10-15-7-8-16(17)9-15)26-22(29)12-31-24(30)21-11-18-14(2)27-28(23(18)32-21)20-6-4-3-5-19(20)25/h3-6,11,13,15-17H,7-10,12H2,1-2H3,(H,26,29). The van der Waals surface area contributed by atoms with Gasteiger partial charge in [0.15, 0.2) is 6.61 Å². The Balaban J connectivity index is 1.24. The number of thiophene rings is 1. The van der Waals surface area contributed by atoms with E-state index in [0.717, 1.165) is 33.4 Å². The Morgan fingerprint density at radius 1 is 1.31 bits per heavy atom. The predicted molar refractivity (Wildman–Crippen MR) is 126 cm³/mol. The Labute approximate surface area is 195 Å². The summed E-state index contributed by atoms with van der Waals surface area (Å²) in [5.41, 5.74) is 1.55. The first-order chi connectivity index (χ1) is 15.4. The zero-order valence-corrected chi connectivity index (χ0v) is 19.7. The van der Waals surface area contributed by atoms with E-state index in [1.165, 1.54) is 37.0 Å². The molecule has 2 aromatic heterocycles. The molecular formula is C24H26ClN3O3S. The summed E-state index contributed by atoms with van der Waals surface area (Å²) < 4.78 is 7.08. The maximum atomic E-state index is 12.6. The van der Waals surface area contributed by atoms with Crippen LogP contribution in [-0.2, 0) is 9.53 Å². The number of hydrogen-bond acceptors (Lipinski definition) is 5. The molecule has 3 aromatic rings. The molecule has 168 valence electrons. The van der Waals surface area contributed by atoms with Gasteiger partial charge >= 0.3 is 5.97 Å². The molecule has 2 fully saturated rings. The quantitative estimate of drug-likeness (QED) is 0.505. The van der Waals surface area contributed by atoms with Crippen LogP contribution in [0.15, 0.2) is 30.3 Å². The molecule has 0 radical (unpaired) electrons. The first-order valence-electron chi connectivity index (χ1n) is 11.1. The average molecular weight is 472 g/mol. The van der Waals surface area contributed by atoms with Crippen molar-refractivity contribution < 1.29 is 14.3 Å². The summed E-state index contributed by atoms with van der Waals surface area (Å²) in [6.07, 6.45) is 5.12. The summed E-state index contributed by atoms with van der Waals surface area (Å²) in [6, 6.07) is 9.33. The number of fused-ring (bicyclic) bond motifs is 3. The van der Waals surface area contributed by atoms with Gasteiger partial charge in [0.05, 0.1) is 16.4 Å². The highest BCUT2D eigenvalue weighted by molar-refractivity contribution is 7.20. The number of rotatable bonds is 6. The smallest absolute Gasteiger partial charge is 0.348 e. The van der Waals surface area contributed by atoms with Crippen LogP contribution in [0.5, 0.6) is 0 Å². The number of aryl methyl sites for hydroxylation is 1. The average Bonchev–Trinajstić information content (AvgIpc) is 3.55. The van der Waals surface area contributed by atoms with Crippen LogP contribution in [-0.4, -0.2) is 34.3 Å². The molecule has 4 atom stereocenters. The lowest BCUT2D eigenvalue weighted by atomic mass is 9.84. The summed E-state index contributed by atoms with van der Waals surface area (Å²) in [4.78, 5) is 26.3. The Morgan fingerprint density at radius 2 is 2.12 bits per heavy atom. The number of amides is 1. The summed E-state index contributed by atoms with van der Waals surface area (Å²) in [5, 5.41) is 9.06. The first-order valence-corrected chi connectivity index (χ1v) is 12.3. The predicted octanol–water partition coefficient (Wildman–Crippen LogP) is 5.15.